The Bertz CT molecular complexity index is 1270. The summed E-state index contributed by atoms with van der Waals surface area (Å²) < 4.78 is 16.4. The van der Waals surface area contributed by atoms with Gasteiger partial charge in [0.2, 0.25) is 6.79 Å². The minimum atomic E-state index is -0.212. The molecule has 8 heteroatoms. The molecule has 3 atom stereocenters. The molecule has 3 aromatic carbocycles. The molecule has 0 aromatic heterocycles. The van der Waals surface area contributed by atoms with Gasteiger partial charge in [-0.3, -0.25) is 9.80 Å². The maximum Gasteiger partial charge on any atom is 0.326 e. The van der Waals surface area contributed by atoms with E-state index in [4.69, 9.17) is 14.2 Å². The maximum atomic E-state index is 13.5. The highest BCUT2D eigenvalue weighted by atomic mass is 16.7. The zero-order chi connectivity index (χ0) is 23.9. The van der Waals surface area contributed by atoms with Crippen LogP contribution >= 0.6 is 0 Å². The van der Waals surface area contributed by atoms with Gasteiger partial charge in [-0.05, 0) is 41.5 Å². The second-order valence-corrected chi connectivity index (χ2v) is 9.00. The number of ether oxygens (including phenoxy) is 3. The Morgan fingerprint density at radius 3 is 2.74 bits per heavy atom. The molecule has 0 bridgehead atoms. The molecule has 0 unspecified atom stereocenters. The normalized spacial score (nSPS) is 22.1. The molecule has 6 rings (SSSR count). The lowest BCUT2D eigenvalue weighted by Gasteiger charge is -2.59. The number of para-hydroxylation sites is 3. The molecular weight excluding hydrogens is 446 g/mol. The lowest BCUT2D eigenvalue weighted by molar-refractivity contribution is -0.0484. The number of aliphatic hydroxyl groups is 1. The molecule has 0 radical (unpaired) electrons. The van der Waals surface area contributed by atoms with Crippen molar-refractivity contribution in [3.63, 3.8) is 0 Å². The van der Waals surface area contributed by atoms with Crippen LogP contribution in [0.25, 0.3) is 0 Å². The molecule has 1 fully saturated rings. The van der Waals surface area contributed by atoms with Crippen molar-refractivity contribution < 1.29 is 24.1 Å². The number of nitrogens with one attached hydrogen (secondary N) is 1. The summed E-state index contributed by atoms with van der Waals surface area (Å²) in [6.07, 6.45) is 0. The zero-order valence-electron chi connectivity index (χ0n) is 19.4. The molecule has 3 aromatic rings. The van der Waals surface area contributed by atoms with Crippen molar-refractivity contribution in [2.75, 3.05) is 37.3 Å². The molecular formula is C27H27N3O5. The molecule has 3 aliphatic rings. The van der Waals surface area contributed by atoms with Gasteiger partial charge in [0.05, 0.1) is 19.4 Å². The van der Waals surface area contributed by atoms with Crippen molar-refractivity contribution in [2.24, 2.45) is 0 Å². The van der Waals surface area contributed by atoms with E-state index in [1.165, 1.54) is 0 Å². The first-order valence-corrected chi connectivity index (χ1v) is 11.7. The van der Waals surface area contributed by atoms with E-state index in [1.54, 1.807) is 12.0 Å². The molecule has 35 heavy (non-hydrogen) atoms. The molecule has 8 nitrogen and oxygen atoms in total. The fourth-order valence-electron chi connectivity index (χ4n) is 5.57. The van der Waals surface area contributed by atoms with Crippen molar-refractivity contribution in [2.45, 2.75) is 24.5 Å². The number of fused-ring (bicyclic) bond motifs is 4. The van der Waals surface area contributed by atoms with Crippen LogP contribution in [-0.2, 0) is 6.54 Å². The second kappa shape index (κ2) is 8.79. The number of likely N-dealkylation sites (tertiary alicyclic amines) is 1. The van der Waals surface area contributed by atoms with Crippen molar-refractivity contribution >= 4 is 17.4 Å². The minimum Gasteiger partial charge on any atom is -0.495 e. The monoisotopic (exact) mass is 473 g/mol. The zero-order valence-corrected chi connectivity index (χ0v) is 19.4. The largest absolute Gasteiger partial charge is 0.495 e. The lowest BCUT2D eigenvalue weighted by atomic mass is 9.72. The molecule has 0 spiro atoms. The van der Waals surface area contributed by atoms with Crippen molar-refractivity contribution in [1.82, 2.24) is 4.90 Å². The van der Waals surface area contributed by atoms with E-state index in [1.807, 2.05) is 60.7 Å². The van der Waals surface area contributed by atoms with E-state index in [0.29, 0.717) is 24.5 Å². The van der Waals surface area contributed by atoms with E-state index < -0.39 is 0 Å². The number of carbonyl (C=O) groups is 1. The van der Waals surface area contributed by atoms with Crippen LogP contribution in [0.1, 0.15) is 17.0 Å². The first-order chi connectivity index (χ1) is 17.2. The molecule has 1 saturated heterocycles. The minimum absolute atomic E-state index is 0.0222. The van der Waals surface area contributed by atoms with E-state index in [2.05, 4.69) is 16.3 Å². The van der Waals surface area contributed by atoms with Gasteiger partial charge in [-0.2, -0.15) is 0 Å². The average Bonchev–Trinajstić information content (AvgIpc) is 3.35. The summed E-state index contributed by atoms with van der Waals surface area (Å²) in [6.45, 7) is 1.45. The van der Waals surface area contributed by atoms with E-state index in [-0.39, 0.29) is 37.4 Å². The Kier molecular flexibility index (Phi) is 5.47. The van der Waals surface area contributed by atoms with Crippen LogP contribution in [0.5, 0.6) is 17.2 Å². The van der Waals surface area contributed by atoms with Gasteiger partial charge in [-0.1, -0.05) is 36.4 Å². The summed E-state index contributed by atoms with van der Waals surface area (Å²) in [5, 5.41) is 13.3. The predicted octanol–water partition coefficient (Wildman–Crippen LogP) is 3.80. The predicted molar refractivity (Wildman–Crippen MR) is 131 cm³/mol. The van der Waals surface area contributed by atoms with Crippen molar-refractivity contribution in [1.29, 1.82) is 0 Å². The SMILES string of the molecule is COc1ccccc1NC(=O)N1C[C@H]2[C@@H](c3ccccc31)[C@@H](CO)N2Cc1ccc2c(c1)OCO2. The Labute approximate surface area is 203 Å². The number of anilines is 2. The van der Waals surface area contributed by atoms with Crippen LogP contribution in [0.2, 0.25) is 0 Å². The second-order valence-electron chi connectivity index (χ2n) is 9.00. The standard InChI is InChI=1S/C27H27N3O5/c1-33-23-9-5-3-7-19(23)28-27(32)30-14-21-26(18-6-2-4-8-20(18)30)22(15-31)29(21)13-17-10-11-24-25(12-17)35-16-34-24/h2-12,21-22,26,31H,13-16H2,1H3,(H,28,32)/t21-,22+,26+/m0/s1. The number of methoxy groups -OCH3 is 1. The van der Waals surface area contributed by atoms with E-state index >= 15 is 0 Å². The van der Waals surface area contributed by atoms with Crippen LogP contribution in [0.4, 0.5) is 16.2 Å². The number of urea groups is 1. The lowest BCUT2D eigenvalue weighted by Crippen LogP contribution is -2.69. The van der Waals surface area contributed by atoms with Gasteiger partial charge in [0.15, 0.2) is 11.5 Å². The molecule has 3 aliphatic heterocycles. The van der Waals surface area contributed by atoms with Gasteiger partial charge in [0.1, 0.15) is 5.75 Å². The van der Waals surface area contributed by atoms with Crippen LogP contribution in [0.3, 0.4) is 0 Å². The van der Waals surface area contributed by atoms with Crippen LogP contribution < -0.4 is 24.4 Å². The van der Waals surface area contributed by atoms with E-state index in [9.17, 15) is 9.90 Å². The average molecular weight is 474 g/mol. The number of hydrogen-bond acceptors (Lipinski definition) is 6. The Morgan fingerprint density at radius 1 is 1.09 bits per heavy atom. The topological polar surface area (TPSA) is 83.5 Å². The first-order valence-electron chi connectivity index (χ1n) is 11.7. The van der Waals surface area contributed by atoms with Crippen molar-refractivity contribution in [3.8, 4) is 17.2 Å². The van der Waals surface area contributed by atoms with Gasteiger partial charge in [-0.25, -0.2) is 4.79 Å². The van der Waals surface area contributed by atoms with Crippen LogP contribution in [0.15, 0.2) is 66.7 Å². The number of benzene rings is 3. The smallest absolute Gasteiger partial charge is 0.326 e. The fraction of sp³-hybridized carbons (Fsp3) is 0.296. The van der Waals surface area contributed by atoms with Crippen molar-refractivity contribution in [3.05, 3.63) is 77.9 Å². The molecule has 0 saturated carbocycles. The third-order valence-electron chi connectivity index (χ3n) is 7.22. The van der Waals surface area contributed by atoms with E-state index in [0.717, 1.165) is 28.3 Å². The summed E-state index contributed by atoms with van der Waals surface area (Å²) in [5.41, 5.74) is 3.66. The summed E-state index contributed by atoms with van der Waals surface area (Å²) in [4.78, 5) is 17.6. The van der Waals surface area contributed by atoms with Gasteiger partial charge in [-0.15, -0.1) is 0 Å². The van der Waals surface area contributed by atoms with Crippen LogP contribution in [-0.4, -0.2) is 55.2 Å². The van der Waals surface area contributed by atoms with Gasteiger partial charge in [0, 0.05) is 36.8 Å². The molecule has 180 valence electrons. The number of carbonyl (C=O) groups excluding carboxylic acids is 1. The van der Waals surface area contributed by atoms with Gasteiger partial charge >= 0.3 is 6.03 Å². The summed E-state index contributed by atoms with van der Waals surface area (Å²) in [5.74, 6) is 2.25. The summed E-state index contributed by atoms with van der Waals surface area (Å²) >= 11 is 0. The Balaban J connectivity index is 1.28. The Morgan fingerprint density at radius 2 is 1.89 bits per heavy atom. The third-order valence-corrected chi connectivity index (χ3v) is 7.22. The number of nitrogens with zero attached hydrogens (tertiary/aromatic N) is 2. The van der Waals surface area contributed by atoms with Gasteiger partial charge < -0.3 is 24.6 Å². The molecule has 0 aliphatic carbocycles. The number of amides is 2. The number of aliphatic hydroxyl groups excluding tert-OH is 1. The number of rotatable bonds is 5. The third kappa shape index (κ3) is 3.66. The fourth-order valence-corrected chi connectivity index (χ4v) is 5.57. The molecule has 3 heterocycles. The van der Waals surface area contributed by atoms with Crippen LogP contribution in [0, 0.1) is 0 Å². The quantitative estimate of drug-likeness (QED) is 0.587. The molecule has 2 amide bonds. The Hall–Kier alpha value is -3.75. The number of hydrogen-bond donors (Lipinski definition) is 2. The van der Waals surface area contributed by atoms with Gasteiger partial charge in [0.25, 0.3) is 0 Å². The highest BCUT2D eigenvalue weighted by molar-refractivity contribution is 6.03. The summed E-state index contributed by atoms with van der Waals surface area (Å²) in [7, 11) is 1.59. The molecule has 2 N–H and O–H groups in total. The maximum absolute atomic E-state index is 13.5. The highest BCUT2D eigenvalue weighted by Gasteiger charge is 2.53. The summed E-state index contributed by atoms with van der Waals surface area (Å²) in [6, 6.07) is 21.1. The first kappa shape index (κ1) is 21.8. The highest BCUT2D eigenvalue weighted by Crippen LogP contribution is 2.49.